The van der Waals surface area contributed by atoms with Crippen LogP contribution in [0.5, 0.6) is 0 Å². The van der Waals surface area contributed by atoms with Crippen LogP contribution in [0.25, 0.3) is 0 Å². The highest BCUT2D eigenvalue weighted by Gasteiger charge is 2.38. The quantitative estimate of drug-likeness (QED) is 0.801. The van der Waals surface area contributed by atoms with E-state index in [-0.39, 0.29) is 5.15 Å². The lowest BCUT2D eigenvalue weighted by Gasteiger charge is -2.34. The second-order valence-electron chi connectivity index (χ2n) is 5.53. The van der Waals surface area contributed by atoms with Gasteiger partial charge in [0.05, 0.1) is 18.1 Å². The van der Waals surface area contributed by atoms with E-state index in [0.717, 1.165) is 0 Å². The van der Waals surface area contributed by atoms with E-state index < -0.39 is 17.2 Å². The summed E-state index contributed by atoms with van der Waals surface area (Å²) in [5.41, 5.74) is -1.62. The first-order valence-electron chi connectivity index (χ1n) is 6.01. The largest absolute Gasteiger partial charge is 0.444 e. The minimum Gasteiger partial charge on any atom is -0.444 e. The minimum atomic E-state index is -1.28. The Morgan fingerprint density at radius 2 is 1.90 bits per heavy atom. The van der Waals surface area contributed by atoms with Crippen LogP contribution in [0.1, 0.15) is 33.4 Å². The summed E-state index contributed by atoms with van der Waals surface area (Å²) >= 11 is 5.67. The van der Waals surface area contributed by atoms with Gasteiger partial charge < -0.3 is 9.53 Å². The van der Waals surface area contributed by atoms with Gasteiger partial charge in [0, 0.05) is 7.05 Å². The summed E-state index contributed by atoms with van der Waals surface area (Å²) in [6.07, 6.45) is 2.68. The fourth-order valence-corrected chi connectivity index (χ4v) is 1.50. The molecule has 0 fully saturated rings. The third-order valence-electron chi connectivity index (χ3n) is 2.73. The van der Waals surface area contributed by atoms with E-state index in [9.17, 15) is 9.59 Å². The average Bonchev–Trinajstić information content (AvgIpc) is 2.35. The third kappa shape index (κ3) is 3.66. The predicted molar refractivity (Wildman–Crippen MR) is 74.5 cm³/mol. The normalized spacial score (nSPS) is 14.3. The fraction of sp³-hybridized carbons (Fsp3) is 0.538. The van der Waals surface area contributed by atoms with Crippen molar-refractivity contribution in [3.63, 3.8) is 0 Å². The van der Waals surface area contributed by atoms with E-state index in [1.807, 2.05) is 0 Å². The highest BCUT2D eigenvalue weighted by Crippen LogP contribution is 2.25. The van der Waals surface area contributed by atoms with Gasteiger partial charge in [0.2, 0.25) is 0 Å². The molecule has 1 heterocycles. The molecule has 7 heteroatoms. The van der Waals surface area contributed by atoms with Gasteiger partial charge in [-0.25, -0.2) is 9.78 Å². The molecule has 0 aromatic carbocycles. The molecule has 0 saturated carbocycles. The van der Waals surface area contributed by atoms with Gasteiger partial charge in [-0.2, -0.15) is 0 Å². The molecule has 6 nitrogen and oxygen atoms in total. The SMILES string of the molecule is CN(C(=O)OC(C)(C)C)C(C)(C=O)c1cnc(Cl)cn1. The van der Waals surface area contributed by atoms with Crippen molar-refractivity contribution in [3.05, 3.63) is 23.2 Å². The second kappa shape index (κ2) is 5.75. The maximum atomic E-state index is 12.1. The maximum Gasteiger partial charge on any atom is 0.411 e. The number of aromatic nitrogens is 2. The topological polar surface area (TPSA) is 72.4 Å². The molecule has 20 heavy (non-hydrogen) atoms. The number of halogens is 1. The van der Waals surface area contributed by atoms with Crippen LogP contribution in [0.15, 0.2) is 12.4 Å². The zero-order valence-corrected chi connectivity index (χ0v) is 12.9. The summed E-state index contributed by atoms with van der Waals surface area (Å²) in [4.78, 5) is 32.7. The van der Waals surface area contributed by atoms with E-state index in [1.54, 1.807) is 27.7 Å². The highest BCUT2D eigenvalue weighted by atomic mass is 35.5. The molecule has 0 N–H and O–H groups in total. The lowest BCUT2D eigenvalue weighted by molar-refractivity contribution is -0.117. The Bertz CT molecular complexity index is 499. The van der Waals surface area contributed by atoms with Crippen LogP contribution < -0.4 is 0 Å². The van der Waals surface area contributed by atoms with Crippen LogP contribution in [-0.4, -0.2) is 39.9 Å². The predicted octanol–water partition coefficient (Wildman–Crippen LogP) is 2.41. The Labute approximate surface area is 123 Å². The molecule has 0 aliphatic carbocycles. The minimum absolute atomic E-state index is 0.210. The van der Waals surface area contributed by atoms with Crippen molar-refractivity contribution in [2.75, 3.05) is 7.05 Å². The smallest absolute Gasteiger partial charge is 0.411 e. The molecule has 0 aliphatic heterocycles. The van der Waals surface area contributed by atoms with Gasteiger partial charge in [0.1, 0.15) is 16.3 Å². The Morgan fingerprint density at radius 1 is 1.30 bits per heavy atom. The standard InChI is InChI=1S/C13H18ClN3O3/c1-12(2,3)20-11(19)17(5)13(4,8-18)9-6-16-10(14)7-15-9/h6-8H,1-5H3. The van der Waals surface area contributed by atoms with E-state index in [0.29, 0.717) is 12.0 Å². The molecule has 0 radical (unpaired) electrons. The molecular weight excluding hydrogens is 282 g/mol. The van der Waals surface area contributed by atoms with Crippen LogP contribution in [0.2, 0.25) is 5.15 Å². The summed E-state index contributed by atoms with van der Waals surface area (Å²) in [5.74, 6) is 0. The van der Waals surface area contributed by atoms with E-state index in [1.165, 1.54) is 24.3 Å². The summed E-state index contributed by atoms with van der Waals surface area (Å²) in [6, 6.07) is 0. The number of aldehydes is 1. The van der Waals surface area contributed by atoms with Crippen molar-refractivity contribution in [1.29, 1.82) is 0 Å². The van der Waals surface area contributed by atoms with Crippen LogP contribution in [-0.2, 0) is 15.1 Å². The molecule has 0 aliphatic rings. The molecule has 1 atom stereocenters. The van der Waals surface area contributed by atoms with Gasteiger partial charge in [-0.3, -0.25) is 9.88 Å². The number of hydrogen-bond acceptors (Lipinski definition) is 5. The Hall–Kier alpha value is -1.69. The first kappa shape index (κ1) is 16.4. The van der Waals surface area contributed by atoms with Crippen molar-refractivity contribution in [2.24, 2.45) is 0 Å². The number of carbonyl (C=O) groups excluding carboxylic acids is 2. The number of nitrogens with zero attached hydrogens (tertiary/aromatic N) is 3. The molecule has 1 unspecified atom stereocenters. The van der Waals surface area contributed by atoms with Crippen molar-refractivity contribution in [3.8, 4) is 0 Å². The van der Waals surface area contributed by atoms with E-state index >= 15 is 0 Å². The number of carbonyl (C=O) groups is 2. The number of likely N-dealkylation sites (N-methyl/N-ethyl adjacent to an activating group) is 1. The molecule has 1 amide bonds. The van der Waals surface area contributed by atoms with Gasteiger partial charge in [-0.05, 0) is 27.7 Å². The Balaban J connectivity index is 3.07. The van der Waals surface area contributed by atoms with Crippen LogP contribution in [0, 0.1) is 0 Å². The van der Waals surface area contributed by atoms with Gasteiger partial charge in [0.15, 0.2) is 6.29 Å². The monoisotopic (exact) mass is 299 g/mol. The molecule has 0 bridgehead atoms. The number of hydrogen-bond donors (Lipinski definition) is 0. The van der Waals surface area contributed by atoms with Crippen molar-refractivity contribution in [1.82, 2.24) is 14.9 Å². The van der Waals surface area contributed by atoms with Crippen LogP contribution in [0.4, 0.5) is 4.79 Å². The fourth-order valence-electron chi connectivity index (χ4n) is 1.40. The number of ether oxygens (including phenoxy) is 1. The highest BCUT2D eigenvalue weighted by molar-refractivity contribution is 6.29. The lowest BCUT2D eigenvalue weighted by Crippen LogP contribution is -2.48. The van der Waals surface area contributed by atoms with Gasteiger partial charge in [0.25, 0.3) is 0 Å². The van der Waals surface area contributed by atoms with E-state index in [2.05, 4.69) is 9.97 Å². The molecule has 1 aromatic rings. The second-order valence-corrected chi connectivity index (χ2v) is 5.92. The molecule has 1 rings (SSSR count). The molecular formula is C13H18ClN3O3. The lowest BCUT2D eigenvalue weighted by atomic mass is 9.99. The number of rotatable bonds is 3. The van der Waals surface area contributed by atoms with Gasteiger partial charge >= 0.3 is 6.09 Å². The summed E-state index contributed by atoms with van der Waals surface area (Å²) in [5, 5.41) is 0.210. The number of amides is 1. The summed E-state index contributed by atoms with van der Waals surface area (Å²) in [7, 11) is 1.47. The van der Waals surface area contributed by atoms with E-state index in [4.69, 9.17) is 16.3 Å². The van der Waals surface area contributed by atoms with Gasteiger partial charge in [-0.15, -0.1) is 0 Å². The summed E-state index contributed by atoms with van der Waals surface area (Å²) < 4.78 is 5.25. The molecule has 1 aromatic heterocycles. The van der Waals surface area contributed by atoms with Crippen LogP contribution in [0.3, 0.4) is 0 Å². The van der Waals surface area contributed by atoms with Crippen molar-refractivity contribution < 1.29 is 14.3 Å². The van der Waals surface area contributed by atoms with Crippen molar-refractivity contribution in [2.45, 2.75) is 38.8 Å². The Morgan fingerprint density at radius 3 is 2.30 bits per heavy atom. The molecule has 0 saturated heterocycles. The zero-order valence-electron chi connectivity index (χ0n) is 12.2. The summed E-state index contributed by atoms with van der Waals surface area (Å²) in [6.45, 7) is 6.80. The first-order valence-corrected chi connectivity index (χ1v) is 6.39. The zero-order chi connectivity index (χ0) is 15.6. The Kier molecular flexibility index (Phi) is 4.70. The molecule has 0 spiro atoms. The third-order valence-corrected chi connectivity index (χ3v) is 2.93. The molecule has 110 valence electrons. The average molecular weight is 300 g/mol. The maximum absolute atomic E-state index is 12.1. The van der Waals surface area contributed by atoms with Crippen LogP contribution >= 0.6 is 11.6 Å². The van der Waals surface area contributed by atoms with Crippen molar-refractivity contribution >= 4 is 24.0 Å². The van der Waals surface area contributed by atoms with Gasteiger partial charge in [-0.1, -0.05) is 11.6 Å². The first-order chi connectivity index (χ1) is 9.10.